The fourth-order valence-corrected chi connectivity index (χ4v) is 3.94. The number of nitrogens with one attached hydrogen (secondary N) is 2. The summed E-state index contributed by atoms with van der Waals surface area (Å²) in [5.41, 5.74) is 6.16. The van der Waals surface area contributed by atoms with Gasteiger partial charge >= 0.3 is 16.0 Å². The number of nitrogen functional groups attached to an aromatic ring is 1. The molecule has 1 aliphatic heterocycles. The second kappa shape index (κ2) is 8.29. The number of anilines is 1. The molecule has 1 fully saturated rings. The first-order chi connectivity index (χ1) is 15.2. The van der Waals surface area contributed by atoms with E-state index in [0.29, 0.717) is 5.52 Å². The van der Waals surface area contributed by atoms with E-state index in [1.807, 2.05) is 0 Å². The molecule has 32 heavy (non-hydrogen) atoms. The van der Waals surface area contributed by atoms with Crippen LogP contribution < -0.4 is 15.0 Å². The van der Waals surface area contributed by atoms with Gasteiger partial charge in [-0.1, -0.05) is 17.1 Å². The molecule has 0 radical (unpaired) electrons. The van der Waals surface area contributed by atoms with Crippen molar-refractivity contribution >= 4 is 33.2 Å². The number of ether oxygens (including phenoxy) is 1. The number of aliphatic hydroxyl groups excluding tert-OH is 2. The second-order valence-corrected chi connectivity index (χ2v) is 8.22. The zero-order chi connectivity index (χ0) is 23.0. The Labute approximate surface area is 180 Å². The predicted octanol–water partition coefficient (Wildman–Crippen LogP) is -2.16. The van der Waals surface area contributed by atoms with Crippen LogP contribution in [-0.2, 0) is 19.2 Å². The highest BCUT2D eigenvalue weighted by molar-refractivity contribution is 7.85. The summed E-state index contributed by atoms with van der Waals surface area (Å²) in [5.74, 6) is -1.37. The largest absolute Gasteiger partial charge is 0.507 e. The molecular weight excluding hydrogens is 448 g/mol. The van der Waals surface area contributed by atoms with Crippen LogP contribution in [0.3, 0.4) is 0 Å². The maximum atomic E-state index is 12.1. The van der Waals surface area contributed by atoms with E-state index >= 15 is 0 Å². The highest BCUT2D eigenvalue weighted by Gasteiger charge is 2.47. The number of rotatable bonds is 6. The molecule has 0 saturated carbocycles. The van der Waals surface area contributed by atoms with Gasteiger partial charge in [-0.15, -0.1) is 0 Å². The van der Waals surface area contributed by atoms with Gasteiger partial charge in [-0.05, 0) is 12.1 Å². The number of aromatic amines is 1. The van der Waals surface area contributed by atoms with Crippen LogP contribution >= 0.6 is 0 Å². The maximum absolute atomic E-state index is 12.1. The number of benzene rings is 1. The van der Waals surface area contributed by atoms with Crippen molar-refractivity contribution in [3.05, 3.63) is 42.5 Å². The molecule has 1 aliphatic rings. The van der Waals surface area contributed by atoms with Crippen molar-refractivity contribution in [2.75, 3.05) is 12.3 Å². The number of nitrogens with two attached hydrogens (primary N) is 1. The Balaban J connectivity index is 1.44. The van der Waals surface area contributed by atoms with Crippen LogP contribution in [0.4, 0.5) is 5.82 Å². The van der Waals surface area contributed by atoms with Crippen molar-refractivity contribution in [1.29, 1.82) is 0 Å². The lowest BCUT2D eigenvalue weighted by Crippen LogP contribution is -2.45. The molecule has 0 spiro atoms. The number of aromatic nitrogens is 4. The van der Waals surface area contributed by atoms with Crippen LogP contribution in [-0.4, -0.2) is 69.5 Å². The lowest BCUT2D eigenvalue weighted by Gasteiger charge is -2.14. The third-order valence-electron chi connectivity index (χ3n) is 4.81. The van der Waals surface area contributed by atoms with Gasteiger partial charge in [0.1, 0.15) is 24.1 Å². The van der Waals surface area contributed by atoms with Crippen LogP contribution in [0.5, 0.6) is 5.75 Å². The van der Waals surface area contributed by atoms with E-state index in [9.17, 15) is 28.5 Å². The van der Waals surface area contributed by atoms with Crippen molar-refractivity contribution < 1.29 is 42.0 Å². The van der Waals surface area contributed by atoms with Crippen molar-refractivity contribution in [2.24, 2.45) is 0 Å². The van der Waals surface area contributed by atoms with Gasteiger partial charge in [-0.3, -0.25) is 14.0 Å². The number of phenolic OH excluding ortho intramolecular Hbond substituents is 1. The first kappa shape index (κ1) is 21.8. The van der Waals surface area contributed by atoms with Gasteiger partial charge in [0.25, 0.3) is 5.91 Å². The first-order valence-corrected chi connectivity index (χ1v) is 10.6. The van der Waals surface area contributed by atoms with Gasteiger partial charge < -0.3 is 25.8 Å². The van der Waals surface area contributed by atoms with Crippen molar-refractivity contribution in [1.82, 2.24) is 19.7 Å². The summed E-state index contributed by atoms with van der Waals surface area (Å²) in [6, 6.07) is 5.34. The summed E-state index contributed by atoms with van der Waals surface area (Å²) in [4.78, 5) is 22.8. The molecule has 0 aliphatic carbocycles. The third kappa shape index (κ3) is 4.06. The van der Waals surface area contributed by atoms with E-state index in [1.165, 1.54) is 41.5 Å². The number of fused-ring (bicyclic) bond motifs is 1. The summed E-state index contributed by atoms with van der Waals surface area (Å²) in [6.45, 7) is -0.710. The lowest BCUT2D eigenvalue weighted by atomic mass is 10.1. The van der Waals surface area contributed by atoms with Gasteiger partial charge in [0, 0.05) is 0 Å². The smallest absolute Gasteiger partial charge is 0.362 e. The highest BCUT2D eigenvalue weighted by Crippen LogP contribution is 2.27. The Morgan fingerprint density at radius 3 is 2.78 bits per heavy atom. The zero-order valence-corrected chi connectivity index (χ0v) is 17.0. The van der Waals surface area contributed by atoms with E-state index in [2.05, 4.69) is 15.0 Å². The molecule has 1 saturated heterocycles. The van der Waals surface area contributed by atoms with Crippen molar-refractivity contribution in [2.45, 2.75) is 24.5 Å². The van der Waals surface area contributed by atoms with Gasteiger partial charge in [0.2, 0.25) is 11.7 Å². The molecule has 2 aromatic heterocycles. The number of aliphatic hydroxyl groups is 2. The molecule has 4 atom stereocenters. The van der Waals surface area contributed by atoms with E-state index < -0.39 is 53.1 Å². The number of H-pyrrole nitrogens is 1. The molecule has 15 heteroatoms. The Morgan fingerprint density at radius 1 is 1.28 bits per heavy atom. The van der Waals surface area contributed by atoms with E-state index in [1.54, 1.807) is 4.72 Å². The van der Waals surface area contributed by atoms with Gasteiger partial charge in [-0.2, -0.15) is 13.4 Å². The monoisotopic (exact) mass is 467 g/mol. The molecule has 14 nitrogen and oxygen atoms in total. The number of aromatic hydroxyl groups is 1. The van der Waals surface area contributed by atoms with Crippen LogP contribution in [0.25, 0.3) is 11.2 Å². The molecule has 0 unspecified atom stereocenters. The average molecular weight is 467 g/mol. The SMILES string of the molecule is Nc1ncnc2c1[nH]c[n+]2[C@@H]1O[C@H](COS(=O)(=O)NC(=O)c2ccccc2O)[C@@H](O)[C@H]1O. The molecule has 1 amide bonds. The average Bonchev–Trinajstić information content (AvgIpc) is 3.29. The molecule has 0 bridgehead atoms. The number of nitrogens with zero attached hydrogens (tertiary/aromatic N) is 3. The van der Waals surface area contributed by atoms with Gasteiger partial charge in [0.15, 0.2) is 18.5 Å². The molecule has 7 N–H and O–H groups in total. The summed E-state index contributed by atoms with van der Waals surface area (Å²) in [5, 5.41) is 30.3. The first-order valence-electron chi connectivity index (χ1n) is 9.17. The fraction of sp³-hybridized carbons (Fsp3) is 0.294. The zero-order valence-electron chi connectivity index (χ0n) is 16.2. The minimum absolute atomic E-state index is 0.160. The Kier molecular flexibility index (Phi) is 5.66. The number of hydrogen-bond donors (Lipinski definition) is 6. The summed E-state index contributed by atoms with van der Waals surface area (Å²) in [7, 11) is -4.62. The normalized spacial score (nSPS) is 23.4. The van der Waals surface area contributed by atoms with Crippen molar-refractivity contribution in [3.63, 3.8) is 0 Å². The van der Waals surface area contributed by atoms with E-state index in [4.69, 9.17) is 14.7 Å². The van der Waals surface area contributed by atoms with Crippen LogP contribution in [0.1, 0.15) is 16.6 Å². The molecule has 4 rings (SSSR count). The number of hydrogen-bond acceptors (Lipinski definition) is 11. The van der Waals surface area contributed by atoms with Crippen LogP contribution in [0, 0.1) is 0 Å². The Hall–Kier alpha value is -3.37. The fourth-order valence-electron chi connectivity index (χ4n) is 3.23. The van der Waals surface area contributed by atoms with Crippen LogP contribution in [0.15, 0.2) is 36.9 Å². The van der Waals surface area contributed by atoms with E-state index in [-0.39, 0.29) is 17.0 Å². The molecule has 3 aromatic rings. The standard InChI is InChI=1S/C17H18N6O8S/c18-14-11-15(20-6-19-14)23(7-21-11)17-13(26)12(25)10(31-17)5-30-32(28,29)22-16(27)8-3-1-2-4-9(8)24/h1-4,6-7,10,12-13,17,25-26H,5H2,(H4,18,19,20,22,24,27)/p+1/t10-,12-,13-,17-/m1/s1. The summed E-state index contributed by atoms with van der Waals surface area (Å²) in [6.07, 6.45) is -2.75. The third-order valence-corrected chi connectivity index (χ3v) is 5.70. The Bertz CT molecular complexity index is 1260. The molecule has 170 valence electrons. The van der Waals surface area contributed by atoms with Crippen LogP contribution in [0.2, 0.25) is 0 Å². The molecule has 3 heterocycles. The van der Waals surface area contributed by atoms with E-state index in [0.717, 1.165) is 0 Å². The number of amides is 1. The second-order valence-electron chi connectivity index (χ2n) is 6.87. The number of imidazole rings is 1. The minimum Gasteiger partial charge on any atom is -0.507 e. The molecule has 1 aromatic carbocycles. The maximum Gasteiger partial charge on any atom is 0.362 e. The predicted molar refractivity (Wildman–Crippen MR) is 105 cm³/mol. The number of carbonyl (C=O) groups excluding carboxylic acids is 1. The summed E-state index contributed by atoms with van der Waals surface area (Å²) >= 11 is 0. The number of para-hydroxylation sites is 1. The topological polar surface area (TPSA) is 214 Å². The van der Waals surface area contributed by atoms with Gasteiger partial charge in [-0.25, -0.2) is 9.29 Å². The quantitative estimate of drug-likeness (QED) is 0.215. The minimum atomic E-state index is -4.62. The van der Waals surface area contributed by atoms with Gasteiger partial charge in [0.05, 0.1) is 12.2 Å². The molecular formula is C17H19N6O8S+. The highest BCUT2D eigenvalue weighted by atomic mass is 32.2. The Morgan fingerprint density at radius 2 is 2.03 bits per heavy atom. The lowest BCUT2D eigenvalue weighted by molar-refractivity contribution is -0.745. The summed E-state index contributed by atoms with van der Waals surface area (Å²) < 4.78 is 37.6. The number of phenols is 1. The van der Waals surface area contributed by atoms with Crippen molar-refractivity contribution in [3.8, 4) is 5.75 Å². The number of carbonyl (C=O) groups is 1.